The van der Waals surface area contributed by atoms with Crippen LogP contribution in [0.4, 0.5) is 0 Å². The SMILES string of the molecule is [2H]c1c([2H])c(C2([2H])C([2H])([2H])N(C([2H])([2H])C([2H])([2H])C([2H])([2H])[2H])C([2H])([2H])C([2H])([2H])C2([2H])[2H])c([2H])c(S(=O)(=O)C([2H])([2H])[2H])c1[2H]. The van der Waals surface area contributed by atoms with Crippen molar-refractivity contribution in [1.82, 2.24) is 4.90 Å². The zero-order valence-electron chi connectivity index (χ0n) is 32.2. The molecule has 1 aromatic rings. The van der Waals surface area contributed by atoms with E-state index in [-0.39, 0.29) is 0 Å². The van der Waals surface area contributed by atoms with Crippen LogP contribution in [0.2, 0.25) is 0 Å². The summed E-state index contributed by atoms with van der Waals surface area (Å²) in [6, 6.07) is -6.91. The third kappa shape index (κ3) is 3.80. The van der Waals surface area contributed by atoms with E-state index in [1.807, 2.05) is 0 Å². The number of benzene rings is 1. The molecule has 0 spiro atoms. The van der Waals surface area contributed by atoms with Gasteiger partial charge < -0.3 is 4.90 Å². The Morgan fingerprint density at radius 2 is 2.58 bits per heavy atom. The predicted octanol–water partition coefficient (Wildman–Crippen LogP) is 2.68. The summed E-state index contributed by atoms with van der Waals surface area (Å²) in [6.45, 7) is -17.5. The Kier molecular flexibility index (Phi) is 0.955. The molecule has 0 N–H and O–H groups in total. The van der Waals surface area contributed by atoms with Gasteiger partial charge in [-0.1, -0.05) is 18.9 Å². The zero-order chi connectivity index (χ0) is 34.0. The van der Waals surface area contributed by atoms with Gasteiger partial charge in [-0.2, -0.15) is 0 Å². The standard InChI is InChI=1S/C15H23NO2S/c1-3-9-16-10-5-7-14(12-16)13-6-4-8-15(11-13)19(2,17)18/h4,6,8,11,14H,3,5,7,9-10,12H2,1-2H3/i1D3,2D3,3D2,4D,5D2,6D,7D2,8D,9D2,10D2,11D,12D2,14D. The van der Waals surface area contributed by atoms with Crippen LogP contribution in [-0.2, 0) is 9.84 Å². The zero-order valence-corrected chi connectivity index (χ0v) is 9.99. The van der Waals surface area contributed by atoms with Crippen molar-refractivity contribution in [2.24, 2.45) is 0 Å². The van der Waals surface area contributed by atoms with Gasteiger partial charge in [0.25, 0.3) is 0 Å². The van der Waals surface area contributed by atoms with Crippen molar-refractivity contribution in [2.45, 2.75) is 36.8 Å². The molecule has 1 fully saturated rings. The van der Waals surface area contributed by atoms with Gasteiger partial charge in [0.15, 0.2) is 9.84 Å². The first-order valence-electron chi connectivity index (χ1n) is 16.2. The minimum atomic E-state index is -5.87. The lowest BCUT2D eigenvalue weighted by molar-refractivity contribution is 0.208. The third-order valence-corrected chi connectivity index (χ3v) is 2.61. The minimum Gasteiger partial charge on any atom is -0.303 e. The lowest BCUT2D eigenvalue weighted by atomic mass is 9.90. The number of piperidine rings is 1. The van der Waals surface area contributed by atoms with Gasteiger partial charge in [-0.05, 0) is 55.7 Å². The molecule has 1 atom stereocenters. The van der Waals surface area contributed by atoms with Crippen LogP contribution in [0, 0.1) is 0 Å². The van der Waals surface area contributed by atoms with Crippen molar-refractivity contribution >= 4 is 9.84 Å². The van der Waals surface area contributed by atoms with E-state index in [1.165, 1.54) is 0 Å². The summed E-state index contributed by atoms with van der Waals surface area (Å²) < 4.78 is 210. The molecule has 0 amide bonds. The summed E-state index contributed by atoms with van der Waals surface area (Å²) in [6.07, 6.45) is -17.2. The quantitative estimate of drug-likeness (QED) is 0.858. The normalized spacial score (nSPS) is 56.5. The maximum Gasteiger partial charge on any atom is 0.175 e. The molecule has 0 aromatic heterocycles. The van der Waals surface area contributed by atoms with Gasteiger partial charge in [0, 0.05) is 38.7 Å². The second-order valence-corrected chi connectivity index (χ2v) is 4.54. The number of hydrogen-bond donors (Lipinski definition) is 0. The molecule has 0 aliphatic carbocycles. The van der Waals surface area contributed by atoms with Crippen LogP contribution in [0.5, 0.6) is 0 Å². The van der Waals surface area contributed by atoms with E-state index < -0.39 is 107 Å². The second-order valence-electron chi connectivity index (χ2n) is 3.13. The fourth-order valence-corrected chi connectivity index (χ4v) is 1.55. The Morgan fingerprint density at radius 1 is 1.68 bits per heavy atom. The fourth-order valence-electron chi connectivity index (χ4n) is 1.13. The highest BCUT2D eigenvalue weighted by atomic mass is 32.2. The Labute approximate surface area is 148 Å². The summed E-state index contributed by atoms with van der Waals surface area (Å²) >= 11 is 0. The van der Waals surface area contributed by atoms with Crippen LogP contribution in [-0.4, -0.2) is 39.0 Å². The summed E-state index contributed by atoms with van der Waals surface area (Å²) in [5.41, 5.74) is -1.93. The van der Waals surface area contributed by atoms with E-state index in [9.17, 15) is 8.42 Å². The van der Waals surface area contributed by atoms with Crippen LogP contribution >= 0.6 is 0 Å². The van der Waals surface area contributed by atoms with E-state index in [4.69, 9.17) is 31.5 Å². The van der Waals surface area contributed by atoms with Gasteiger partial charge >= 0.3 is 0 Å². The van der Waals surface area contributed by atoms with Gasteiger partial charge in [0.1, 0.15) is 0 Å². The second kappa shape index (κ2) is 6.06. The Bertz CT molecular complexity index is 1390. The van der Waals surface area contributed by atoms with E-state index in [1.54, 1.807) is 0 Å². The molecule has 0 radical (unpaired) electrons. The molecule has 1 heterocycles. The Morgan fingerprint density at radius 3 is 3.37 bits per heavy atom. The Hall–Kier alpha value is -0.870. The molecule has 1 saturated heterocycles. The molecule has 4 heteroatoms. The third-order valence-electron chi connectivity index (χ3n) is 1.87. The van der Waals surface area contributed by atoms with Crippen molar-refractivity contribution in [3.63, 3.8) is 0 Å². The van der Waals surface area contributed by atoms with Crippen molar-refractivity contribution in [3.05, 3.63) is 29.7 Å². The van der Waals surface area contributed by atoms with Crippen LogP contribution < -0.4 is 0 Å². The average molecular weight is 305 g/mol. The van der Waals surface area contributed by atoms with Crippen LogP contribution in [0.3, 0.4) is 0 Å². The van der Waals surface area contributed by atoms with Gasteiger partial charge in [0.05, 0.1) is 10.4 Å². The van der Waals surface area contributed by atoms with E-state index in [0.717, 1.165) is 0 Å². The summed E-state index contributed by atoms with van der Waals surface area (Å²) in [4.78, 5) is -3.00. The first-order chi connectivity index (χ1) is 18.0. The molecule has 2 rings (SSSR count). The van der Waals surface area contributed by atoms with Crippen LogP contribution in [0.15, 0.2) is 29.1 Å². The van der Waals surface area contributed by atoms with E-state index in [2.05, 4.69) is 0 Å². The van der Waals surface area contributed by atoms with Crippen molar-refractivity contribution in [1.29, 1.82) is 0 Å². The molecule has 0 saturated carbocycles. The average Bonchev–Trinajstić information content (AvgIpc) is 2.73. The van der Waals surface area contributed by atoms with Gasteiger partial charge in [-0.15, -0.1) is 0 Å². The number of rotatable bonds is 4. The lowest BCUT2D eigenvalue weighted by Gasteiger charge is -2.32. The first kappa shape index (κ1) is 3.00. The Balaban J connectivity index is 3.35. The molecule has 1 unspecified atom stereocenters. The van der Waals surface area contributed by atoms with Gasteiger partial charge in [-0.25, -0.2) is 8.42 Å². The van der Waals surface area contributed by atoms with E-state index >= 15 is 0 Å². The molecule has 19 heavy (non-hydrogen) atoms. The monoisotopic (exact) mass is 304 g/mol. The highest BCUT2D eigenvalue weighted by molar-refractivity contribution is 7.90. The highest BCUT2D eigenvalue weighted by Crippen LogP contribution is 2.28. The molecule has 106 valence electrons. The predicted molar refractivity (Wildman–Crippen MR) is 78.3 cm³/mol. The van der Waals surface area contributed by atoms with Gasteiger partial charge in [0.2, 0.25) is 0 Å². The molecular weight excluding hydrogens is 258 g/mol. The number of nitrogens with zero attached hydrogens (tertiary/aromatic N) is 1. The number of sulfone groups is 1. The smallest absolute Gasteiger partial charge is 0.175 e. The van der Waals surface area contributed by atoms with Crippen LogP contribution in [0.25, 0.3) is 0 Å². The lowest BCUT2D eigenvalue weighted by Crippen LogP contribution is -2.34. The largest absolute Gasteiger partial charge is 0.303 e. The van der Waals surface area contributed by atoms with Crippen molar-refractivity contribution < 1.29 is 39.9 Å². The summed E-state index contributed by atoms with van der Waals surface area (Å²) in [5.74, 6) is -4.47. The number of hydrogen-bond acceptors (Lipinski definition) is 3. The maximum atomic E-state index is 12.8. The molecule has 1 aliphatic heterocycles. The first-order valence-corrected chi connectivity index (χ1v) is 6.15. The molecule has 1 aliphatic rings. The topological polar surface area (TPSA) is 37.4 Å². The van der Waals surface area contributed by atoms with Crippen LogP contribution in [0.1, 0.15) is 69.0 Å². The molecule has 3 nitrogen and oxygen atoms in total. The molecule has 1 aromatic carbocycles. The van der Waals surface area contributed by atoms with Crippen molar-refractivity contribution in [3.8, 4) is 0 Å². The highest BCUT2D eigenvalue weighted by Gasteiger charge is 2.21. The maximum absolute atomic E-state index is 12.8. The fraction of sp³-hybridized carbons (Fsp3) is 0.600. The number of likely N-dealkylation sites (tertiary alicyclic amines) is 1. The van der Waals surface area contributed by atoms with Crippen molar-refractivity contribution in [2.75, 3.05) is 25.7 Å². The minimum absolute atomic E-state index is 1.07. The summed E-state index contributed by atoms with van der Waals surface area (Å²) in [7, 11) is -5.87. The molecule has 0 bridgehead atoms. The van der Waals surface area contributed by atoms with Gasteiger partial charge in [-0.3, -0.25) is 0 Å². The van der Waals surface area contributed by atoms with E-state index in [0.29, 0.717) is 0 Å². The summed E-state index contributed by atoms with van der Waals surface area (Å²) in [5, 5.41) is 0. The molecular formula is C15H23NO2S.